The monoisotopic (exact) mass is 253 g/mol. The minimum absolute atomic E-state index is 0.349. The molecule has 1 saturated heterocycles. The first kappa shape index (κ1) is 13.3. The van der Waals surface area contributed by atoms with Crippen LogP contribution in [0.15, 0.2) is 18.2 Å². The van der Waals surface area contributed by atoms with Crippen LogP contribution in [0.1, 0.15) is 31.4 Å². The summed E-state index contributed by atoms with van der Waals surface area (Å²) in [7, 11) is 0. The van der Waals surface area contributed by atoms with Gasteiger partial charge in [-0.2, -0.15) is 0 Å². The van der Waals surface area contributed by atoms with Gasteiger partial charge in [-0.3, -0.25) is 4.90 Å². The van der Waals surface area contributed by atoms with Gasteiger partial charge < -0.3 is 9.84 Å². The van der Waals surface area contributed by atoms with Crippen LogP contribution in [0.4, 0.5) is 4.39 Å². The number of nitrogens with zero attached hydrogens (tertiary/aromatic N) is 1. The normalized spacial score (nSPS) is 17.9. The van der Waals surface area contributed by atoms with Crippen molar-refractivity contribution in [1.82, 2.24) is 4.90 Å². The maximum Gasteiger partial charge on any atom is 0.125 e. The Bertz CT molecular complexity index is 389. The molecule has 3 nitrogen and oxygen atoms in total. The Labute approximate surface area is 107 Å². The molecule has 1 aliphatic rings. The van der Waals surface area contributed by atoms with Crippen molar-refractivity contribution in [3.05, 3.63) is 29.6 Å². The molecular weight excluding hydrogens is 233 g/mol. The van der Waals surface area contributed by atoms with Crippen molar-refractivity contribution in [1.29, 1.82) is 0 Å². The number of aliphatic hydroxyl groups is 1. The molecule has 0 amide bonds. The lowest BCUT2D eigenvalue weighted by Gasteiger charge is -2.17. The topological polar surface area (TPSA) is 32.7 Å². The van der Waals surface area contributed by atoms with Crippen LogP contribution < -0.4 is 4.74 Å². The van der Waals surface area contributed by atoms with Crippen LogP contribution in [0, 0.1) is 5.82 Å². The molecule has 1 heterocycles. The SMILES string of the molecule is C[C@@H](O)c1cc(F)ccc1OCCN1CCCC1. The quantitative estimate of drug-likeness (QED) is 0.874. The number of aliphatic hydroxyl groups excluding tert-OH is 1. The Kier molecular flexibility index (Phi) is 4.55. The molecule has 1 aliphatic heterocycles. The second kappa shape index (κ2) is 6.16. The van der Waals surface area contributed by atoms with Crippen molar-refractivity contribution in [3.63, 3.8) is 0 Å². The summed E-state index contributed by atoms with van der Waals surface area (Å²) in [5.41, 5.74) is 0.511. The van der Waals surface area contributed by atoms with Crippen LogP contribution in [0.25, 0.3) is 0 Å². The Hall–Kier alpha value is -1.13. The molecule has 0 unspecified atom stereocenters. The van der Waals surface area contributed by atoms with Crippen molar-refractivity contribution in [2.75, 3.05) is 26.2 Å². The van der Waals surface area contributed by atoms with E-state index < -0.39 is 6.10 Å². The number of benzene rings is 1. The first-order valence-corrected chi connectivity index (χ1v) is 6.49. The molecular formula is C14H20FNO2. The Morgan fingerprint density at radius 3 is 2.78 bits per heavy atom. The second-order valence-electron chi connectivity index (χ2n) is 4.76. The lowest BCUT2D eigenvalue weighted by Crippen LogP contribution is -2.25. The zero-order valence-electron chi connectivity index (χ0n) is 10.7. The summed E-state index contributed by atoms with van der Waals surface area (Å²) in [5.74, 6) is 0.225. The number of ether oxygens (including phenoxy) is 1. The first-order chi connectivity index (χ1) is 8.66. The number of likely N-dealkylation sites (tertiary alicyclic amines) is 1. The Morgan fingerprint density at radius 2 is 2.11 bits per heavy atom. The highest BCUT2D eigenvalue weighted by Crippen LogP contribution is 2.25. The van der Waals surface area contributed by atoms with Crippen LogP contribution in [0.2, 0.25) is 0 Å². The van der Waals surface area contributed by atoms with Gasteiger partial charge in [0.25, 0.3) is 0 Å². The minimum atomic E-state index is -0.720. The molecule has 0 spiro atoms. The Morgan fingerprint density at radius 1 is 1.39 bits per heavy atom. The molecule has 100 valence electrons. The van der Waals surface area contributed by atoms with Crippen molar-refractivity contribution < 1.29 is 14.2 Å². The van der Waals surface area contributed by atoms with Gasteiger partial charge >= 0.3 is 0 Å². The van der Waals surface area contributed by atoms with E-state index in [1.54, 1.807) is 13.0 Å². The highest BCUT2D eigenvalue weighted by molar-refractivity contribution is 5.35. The number of hydrogen-bond donors (Lipinski definition) is 1. The molecule has 0 saturated carbocycles. The molecule has 1 aromatic rings. The molecule has 0 aromatic heterocycles. The molecule has 4 heteroatoms. The van der Waals surface area contributed by atoms with Crippen LogP contribution >= 0.6 is 0 Å². The van der Waals surface area contributed by atoms with E-state index in [1.807, 2.05) is 0 Å². The minimum Gasteiger partial charge on any atom is -0.492 e. The van der Waals surface area contributed by atoms with E-state index in [4.69, 9.17) is 4.74 Å². The summed E-state index contributed by atoms with van der Waals surface area (Å²) < 4.78 is 18.7. The summed E-state index contributed by atoms with van der Waals surface area (Å²) >= 11 is 0. The van der Waals surface area contributed by atoms with Gasteiger partial charge in [0.2, 0.25) is 0 Å². The van der Waals surface area contributed by atoms with E-state index in [0.29, 0.717) is 17.9 Å². The molecule has 2 rings (SSSR count). The smallest absolute Gasteiger partial charge is 0.125 e. The highest BCUT2D eigenvalue weighted by Gasteiger charge is 2.13. The molecule has 0 aliphatic carbocycles. The standard InChI is InChI=1S/C14H20FNO2/c1-11(17)13-10-12(15)4-5-14(13)18-9-8-16-6-2-3-7-16/h4-5,10-11,17H,2-3,6-9H2,1H3/t11-/m1/s1. The zero-order chi connectivity index (χ0) is 13.0. The summed E-state index contributed by atoms with van der Waals surface area (Å²) in [4.78, 5) is 2.35. The second-order valence-corrected chi connectivity index (χ2v) is 4.76. The number of rotatable bonds is 5. The summed E-state index contributed by atoms with van der Waals surface area (Å²) in [6.45, 7) is 5.34. The van der Waals surface area contributed by atoms with Crippen molar-refractivity contribution in [3.8, 4) is 5.75 Å². The van der Waals surface area contributed by atoms with Crippen molar-refractivity contribution in [2.45, 2.75) is 25.9 Å². The summed E-state index contributed by atoms with van der Waals surface area (Å²) in [6, 6.07) is 4.27. The van der Waals surface area contributed by atoms with E-state index in [2.05, 4.69) is 4.90 Å². The lowest BCUT2D eigenvalue weighted by atomic mass is 10.1. The van der Waals surface area contributed by atoms with Gasteiger partial charge in [0.1, 0.15) is 18.2 Å². The van der Waals surface area contributed by atoms with E-state index in [9.17, 15) is 9.50 Å². The van der Waals surface area contributed by atoms with Gasteiger partial charge in [-0.15, -0.1) is 0 Å². The van der Waals surface area contributed by atoms with Gasteiger partial charge in [-0.25, -0.2) is 4.39 Å². The van der Waals surface area contributed by atoms with Crippen LogP contribution in [0.3, 0.4) is 0 Å². The molecule has 18 heavy (non-hydrogen) atoms. The fraction of sp³-hybridized carbons (Fsp3) is 0.571. The van der Waals surface area contributed by atoms with E-state index >= 15 is 0 Å². The summed E-state index contributed by atoms with van der Waals surface area (Å²) in [6.07, 6.45) is 1.80. The molecule has 1 atom stereocenters. The fourth-order valence-corrected chi connectivity index (χ4v) is 2.27. The maximum atomic E-state index is 13.1. The van der Waals surface area contributed by atoms with Crippen molar-refractivity contribution in [2.24, 2.45) is 0 Å². The van der Waals surface area contributed by atoms with Crippen molar-refractivity contribution >= 4 is 0 Å². The molecule has 1 fully saturated rings. The zero-order valence-corrected chi connectivity index (χ0v) is 10.7. The predicted octanol–water partition coefficient (Wildman–Crippen LogP) is 2.35. The first-order valence-electron chi connectivity index (χ1n) is 6.49. The van der Waals surface area contributed by atoms with Gasteiger partial charge in [0.15, 0.2) is 0 Å². The van der Waals surface area contributed by atoms with E-state index in [0.717, 1.165) is 19.6 Å². The third-order valence-electron chi connectivity index (χ3n) is 3.29. The van der Waals surface area contributed by atoms with Gasteiger partial charge in [-0.05, 0) is 51.1 Å². The van der Waals surface area contributed by atoms with Gasteiger partial charge in [0.05, 0.1) is 6.10 Å². The predicted molar refractivity (Wildman–Crippen MR) is 68.2 cm³/mol. The molecule has 1 aromatic carbocycles. The Balaban J connectivity index is 1.91. The average molecular weight is 253 g/mol. The van der Waals surface area contributed by atoms with E-state index in [1.165, 1.54) is 25.0 Å². The third kappa shape index (κ3) is 3.43. The summed E-state index contributed by atoms with van der Waals surface area (Å²) in [5, 5.41) is 9.58. The van der Waals surface area contributed by atoms with Crippen LogP contribution in [-0.2, 0) is 0 Å². The van der Waals surface area contributed by atoms with Gasteiger partial charge in [0, 0.05) is 12.1 Å². The van der Waals surface area contributed by atoms with Gasteiger partial charge in [-0.1, -0.05) is 0 Å². The van der Waals surface area contributed by atoms with Crippen LogP contribution in [-0.4, -0.2) is 36.2 Å². The fourth-order valence-electron chi connectivity index (χ4n) is 2.27. The average Bonchev–Trinajstić information content (AvgIpc) is 2.84. The largest absolute Gasteiger partial charge is 0.492 e. The van der Waals surface area contributed by atoms with E-state index in [-0.39, 0.29) is 5.82 Å². The third-order valence-corrected chi connectivity index (χ3v) is 3.29. The van der Waals surface area contributed by atoms with Crippen LogP contribution in [0.5, 0.6) is 5.75 Å². The highest BCUT2D eigenvalue weighted by atomic mass is 19.1. The molecule has 1 N–H and O–H groups in total. The maximum absolute atomic E-state index is 13.1. The molecule has 0 bridgehead atoms. The number of hydrogen-bond acceptors (Lipinski definition) is 3. The lowest BCUT2D eigenvalue weighted by molar-refractivity contribution is 0.186. The number of halogens is 1. The molecule has 0 radical (unpaired) electrons.